The molecule has 2 heterocycles. The molecule has 0 N–H and O–H groups in total. The summed E-state index contributed by atoms with van der Waals surface area (Å²) >= 11 is 0. The number of rotatable bonds is 3. The van der Waals surface area contributed by atoms with Crippen molar-refractivity contribution in [1.82, 2.24) is 14.6 Å². The molecule has 0 aliphatic rings. The molecule has 0 saturated heterocycles. The van der Waals surface area contributed by atoms with Gasteiger partial charge in [-0.25, -0.2) is 9.50 Å². The third-order valence-corrected chi connectivity index (χ3v) is 1.93. The van der Waals surface area contributed by atoms with Crippen LogP contribution in [0, 0.1) is 0 Å². The van der Waals surface area contributed by atoms with Crippen molar-refractivity contribution in [2.75, 3.05) is 0 Å². The van der Waals surface area contributed by atoms with Crippen LogP contribution >= 0.6 is 0 Å². The Kier molecular flexibility index (Phi) is 4.81. The van der Waals surface area contributed by atoms with Gasteiger partial charge in [0.15, 0.2) is 5.82 Å². The summed E-state index contributed by atoms with van der Waals surface area (Å²) in [5, 5.41) is 4.28. The predicted molar refractivity (Wildman–Crippen MR) is 71.3 cm³/mol. The highest BCUT2D eigenvalue weighted by molar-refractivity contribution is 6.05. The first-order valence-corrected chi connectivity index (χ1v) is 5.47. The zero-order valence-corrected chi connectivity index (χ0v) is 10.2. The van der Waals surface area contributed by atoms with Gasteiger partial charge in [0.2, 0.25) is 0 Å². The lowest BCUT2D eigenvalue weighted by Gasteiger charge is -1.99. The van der Waals surface area contributed by atoms with E-state index in [1.165, 1.54) is 6.20 Å². The summed E-state index contributed by atoms with van der Waals surface area (Å²) in [6.07, 6.45) is 6.64. The van der Waals surface area contributed by atoms with Crippen molar-refractivity contribution >= 4 is 11.2 Å². The Morgan fingerprint density at radius 2 is 2.18 bits per heavy atom. The fraction of sp³-hybridized carbons (Fsp3) is 0.154. The summed E-state index contributed by atoms with van der Waals surface area (Å²) in [6.45, 7) is 11.2. The molecule has 0 fully saturated rings. The van der Waals surface area contributed by atoms with Gasteiger partial charge in [-0.15, -0.1) is 5.10 Å². The molecule has 0 aromatic carbocycles. The lowest BCUT2D eigenvalue weighted by molar-refractivity contribution is 0.890. The lowest BCUT2D eigenvalue weighted by atomic mass is 10.3. The second-order valence-electron chi connectivity index (χ2n) is 2.86. The van der Waals surface area contributed by atoms with E-state index in [0.717, 1.165) is 5.52 Å². The number of hydrogen-bond donors (Lipinski definition) is 0. The highest BCUT2D eigenvalue weighted by Crippen LogP contribution is 2.02. The molecule has 0 aliphatic carbocycles. The molecule has 0 saturated carbocycles. The van der Waals surface area contributed by atoms with Crippen LogP contribution < -0.4 is 0 Å². The first-order valence-electron chi connectivity index (χ1n) is 5.47. The van der Waals surface area contributed by atoms with Crippen molar-refractivity contribution in [2.24, 2.45) is 4.99 Å². The van der Waals surface area contributed by atoms with Gasteiger partial charge >= 0.3 is 0 Å². The zero-order valence-electron chi connectivity index (χ0n) is 10.2. The van der Waals surface area contributed by atoms with Gasteiger partial charge in [-0.3, -0.25) is 4.99 Å². The quantitative estimate of drug-likeness (QED) is 0.758. The van der Waals surface area contributed by atoms with Crippen LogP contribution in [0.25, 0.3) is 5.52 Å². The average molecular weight is 228 g/mol. The van der Waals surface area contributed by atoms with Crippen LogP contribution in [0.2, 0.25) is 0 Å². The minimum Gasteiger partial charge on any atom is -0.253 e. The van der Waals surface area contributed by atoms with E-state index in [9.17, 15) is 0 Å². The van der Waals surface area contributed by atoms with E-state index in [4.69, 9.17) is 0 Å². The number of hydrogen-bond acceptors (Lipinski definition) is 3. The van der Waals surface area contributed by atoms with Crippen molar-refractivity contribution in [1.29, 1.82) is 0 Å². The first kappa shape index (κ1) is 12.8. The molecular weight excluding hydrogens is 212 g/mol. The van der Waals surface area contributed by atoms with Crippen molar-refractivity contribution in [3.05, 3.63) is 55.8 Å². The molecule has 0 amide bonds. The maximum Gasteiger partial charge on any atom is 0.198 e. The summed E-state index contributed by atoms with van der Waals surface area (Å²) in [7, 11) is 0. The van der Waals surface area contributed by atoms with Gasteiger partial charge in [0.1, 0.15) is 5.71 Å². The standard InChI is InChI=1S/C11H10N4.C2H6/c1-3-10(12-4-2)11-13-8-9-6-5-7-15(9)14-11;1-2/h3-8H,1-2H2;1-2H3. The van der Waals surface area contributed by atoms with Gasteiger partial charge < -0.3 is 0 Å². The molecule has 0 radical (unpaired) electrons. The minimum absolute atomic E-state index is 0.536. The fourth-order valence-corrected chi connectivity index (χ4v) is 1.25. The van der Waals surface area contributed by atoms with Crippen LogP contribution in [0.1, 0.15) is 19.7 Å². The Labute approximate surface area is 101 Å². The zero-order chi connectivity index (χ0) is 12.7. The highest BCUT2D eigenvalue weighted by Gasteiger charge is 2.03. The van der Waals surface area contributed by atoms with Crippen molar-refractivity contribution in [2.45, 2.75) is 13.8 Å². The molecule has 2 rings (SSSR count). The maximum absolute atomic E-state index is 4.28. The summed E-state index contributed by atoms with van der Waals surface area (Å²) in [5.74, 6) is 0.536. The van der Waals surface area contributed by atoms with Gasteiger partial charge in [-0.05, 0) is 18.2 Å². The SMILES string of the molecule is C=CN=C(C=C)c1ncc2cccn2n1.CC. The summed E-state index contributed by atoms with van der Waals surface area (Å²) in [5.41, 5.74) is 1.56. The molecular formula is C13H16N4. The van der Waals surface area contributed by atoms with Crippen LogP contribution in [-0.4, -0.2) is 20.3 Å². The van der Waals surface area contributed by atoms with Crippen molar-refractivity contribution in [3.63, 3.8) is 0 Å². The number of aliphatic imine (C=N–C) groups is 1. The molecule has 0 bridgehead atoms. The molecule has 4 heteroatoms. The summed E-state index contributed by atoms with van der Waals surface area (Å²) < 4.78 is 1.74. The Hall–Kier alpha value is -2.23. The summed E-state index contributed by atoms with van der Waals surface area (Å²) in [4.78, 5) is 8.22. The van der Waals surface area contributed by atoms with Gasteiger partial charge in [-0.2, -0.15) is 0 Å². The number of allylic oxidation sites excluding steroid dienone is 1. The van der Waals surface area contributed by atoms with E-state index in [-0.39, 0.29) is 0 Å². The monoisotopic (exact) mass is 228 g/mol. The second-order valence-corrected chi connectivity index (χ2v) is 2.86. The lowest BCUT2D eigenvalue weighted by Crippen LogP contribution is -2.06. The Morgan fingerprint density at radius 1 is 1.41 bits per heavy atom. The molecule has 88 valence electrons. The highest BCUT2D eigenvalue weighted by atomic mass is 15.2. The van der Waals surface area contributed by atoms with Crippen molar-refractivity contribution in [3.8, 4) is 0 Å². The average Bonchev–Trinajstić information content (AvgIpc) is 2.85. The van der Waals surface area contributed by atoms with Crippen molar-refractivity contribution < 1.29 is 0 Å². The van der Waals surface area contributed by atoms with E-state index in [2.05, 4.69) is 28.2 Å². The predicted octanol–water partition coefficient (Wildman–Crippen LogP) is 2.87. The molecule has 4 nitrogen and oxygen atoms in total. The molecule has 2 aromatic rings. The minimum atomic E-state index is 0.536. The van der Waals surface area contributed by atoms with E-state index in [1.807, 2.05) is 32.2 Å². The number of fused-ring (bicyclic) bond motifs is 1. The van der Waals surface area contributed by atoms with E-state index >= 15 is 0 Å². The summed E-state index contributed by atoms with van der Waals surface area (Å²) in [6, 6.07) is 3.84. The van der Waals surface area contributed by atoms with Gasteiger partial charge in [0, 0.05) is 12.4 Å². The van der Waals surface area contributed by atoms with Crippen LogP contribution in [0.15, 0.2) is 55.0 Å². The van der Waals surface area contributed by atoms with Crippen LogP contribution in [-0.2, 0) is 0 Å². The Morgan fingerprint density at radius 3 is 2.82 bits per heavy atom. The number of nitrogens with zero attached hydrogens (tertiary/aromatic N) is 4. The Bertz CT molecular complexity index is 537. The van der Waals surface area contributed by atoms with E-state index in [0.29, 0.717) is 11.5 Å². The fourth-order valence-electron chi connectivity index (χ4n) is 1.25. The van der Waals surface area contributed by atoms with Gasteiger partial charge in [0.05, 0.1) is 11.7 Å². The molecule has 0 spiro atoms. The van der Waals surface area contributed by atoms with Crippen LogP contribution in [0.3, 0.4) is 0 Å². The van der Waals surface area contributed by atoms with E-state index < -0.39 is 0 Å². The molecule has 0 atom stereocenters. The van der Waals surface area contributed by atoms with Gasteiger partial charge in [-0.1, -0.05) is 27.0 Å². The maximum atomic E-state index is 4.28. The van der Waals surface area contributed by atoms with E-state index in [1.54, 1.807) is 16.8 Å². The third kappa shape index (κ3) is 2.87. The Balaban J connectivity index is 0.000000686. The van der Waals surface area contributed by atoms with Crippen LogP contribution in [0.4, 0.5) is 0 Å². The first-order chi connectivity index (χ1) is 8.35. The topological polar surface area (TPSA) is 42.5 Å². The van der Waals surface area contributed by atoms with Crippen LogP contribution in [0.5, 0.6) is 0 Å². The molecule has 17 heavy (non-hydrogen) atoms. The normalized spacial score (nSPS) is 10.6. The third-order valence-electron chi connectivity index (χ3n) is 1.93. The van der Waals surface area contributed by atoms with Gasteiger partial charge in [0.25, 0.3) is 0 Å². The molecule has 0 unspecified atom stereocenters. The molecule has 0 aliphatic heterocycles. The largest absolute Gasteiger partial charge is 0.253 e. The molecule has 2 aromatic heterocycles. The second kappa shape index (κ2) is 6.37. The number of aromatic nitrogens is 3. The smallest absolute Gasteiger partial charge is 0.198 e.